The SMILES string of the molecule is N#Cc1cccc(OC(=O)N2CCC(OC(c3ccccc3)c3ccccc3)CC2)c1. The van der Waals surface area contributed by atoms with Crippen LogP contribution in [-0.2, 0) is 4.74 Å². The lowest BCUT2D eigenvalue weighted by Gasteiger charge is -2.33. The molecule has 1 amide bonds. The van der Waals surface area contributed by atoms with Gasteiger partial charge in [-0.1, -0.05) is 66.7 Å². The van der Waals surface area contributed by atoms with Crippen molar-refractivity contribution < 1.29 is 14.3 Å². The van der Waals surface area contributed by atoms with E-state index in [2.05, 4.69) is 24.3 Å². The summed E-state index contributed by atoms with van der Waals surface area (Å²) in [5.74, 6) is 0.385. The Labute approximate surface area is 182 Å². The number of nitrogens with zero attached hydrogens (tertiary/aromatic N) is 2. The van der Waals surface area contributed by atoms with Crippen molar-refractivity contribution in [2.75, 3.05) is 13.1 Å². The molecule has 0 aliphatic carbocycles. The minimum Gasteiger partial charge on any atom is -0.410 e. The van der Waals surface area contributed by atoms with Gasteiger partial charge in [-0.3, -0.25) is 0 Å². The molecule has 3 aromatic carbocycles. The van der Waals surface area contributed by atoms with Crippen molar-refractivity contribution in [3.05, 3.63) is 102 Å². The van der Waals surface area contributed by atoms with Crippen LogP contribution in [0.25, 0.3) is 0 Å². The molecule has 0 radical (unpaired) electrons. The minimum atomic E-state index is -0.392. The zero-order chi connectivity index (χ0) is 21.5. The van der Waals surface area contributed by atoms with E-state index < -0.39 is 6.09 Å². The second kappa shape index (κ2) is 9.92. The zero-order valence-electron chi connectivity index (χ0n) is 17.2. The normalized spacial score (nSPS) is 14.3. The van der Waals surface area contributed by atoms with Gasteiger partial charge in [0.1, 0.15) is 11.9 Å². The molecule has 0 unspecified atom stereocenters. The number of hydrogen-bond acceptors (Lipinski definition) is 4. The molecule has 5 nitrogen and oxygen atoms in total. The second-order valence-electron chi connectivity index (χ2n) is 7.53. The maximum atomic E-state index is 12.5. The highest BCUT2D eigenvalue weighted by molar-refractivity contribution is 5.71. The van der Waals surface area contributed by atoms with Gasteiger partial charge in [-0.15, -0.1) is 0 Å². The minimum absolute atomic E-state index is 0.0522. The molecule has 31 heavy (non-hydrogen) atoms. The van der Waals surface area contributed by atoms with Gasteiger partial charge in [0.05, 0.1) is 17.7 Å². The maximum Gasteiger partial charge on any atom is 0.415 e. The van der Waals surface area contributed by atoms with Gasteiger partial charge in [0.25, 0.3) is 0 Å². The van der Waals surface area contributed by atoms with Crippen molar-refractivity contribution in [2.45, 2.75) is 25.0 Å². The van der Waals surface area contributed by atoms with Crippen molar-refractivity contribution in [3.8, 4) is 11.8 Å². The molecule has 156 valence electrons. The smallest absolute Gasteiger partial charge is 0.410 e. The fourth-order valence-corrected chi connectivity index (χ4v) is 3.77. The average Bonchev–Trinajstić information content (AvgIpc) is 2.84. The number of amides is 1. The molecule has 0 atom stereocenters. The Balaban J connectivity index is 1.37. The Morgan fingerprint density at radius 3 is 2.10 bits per heavy atom. The largest absolute Gasteiger partial charge is 0.415 e. The molecule has 0 spiro atoms. The number of benzene rings is 3. The number of rotatable bonds is 5. The van der Waals surface area contributed by atoms with E-state index in [1.807, 2.05) is 42.5 Å². The predicted molar refractivity (Wildman–Crippen MR) is 118 cm³/mol. The topological polar surface area (TPSA) is 62.6 Å². The van der Waals surface area contributed by atoms with Gasteiger partial charge in [0, 0.05) is 13.1 Å². The van der Waals surface area contributed by atoms with Crippen LogP contribution in [0.1, 0.15) is 35.6 Å². The Morgan fingerprint density at radius 1 is 0.903 bits per heavy atom. The number of carbonyl (C=O) groups is 1. The van der Waals surface area contributed by atoms with Crippen molar-refractivity contribution >= 4 is 6.09 Å². The van der Waals surface area contributed by atoms with Crippen LogP contribution < -0.4 is 4.74 Å². The van der Waals surface area contributed by atoms with E-state index in [0.29, 0.717) is 24.4 Å². The Morgan fingerprint density at radius 2 is 1.52 bits per heavy atom. The van der Waals surface area contributed by atoms with Crippen LogP contribution in [0.5, 0.6) is 5.75 Å². The second-order valence-corrected chi connectivity index (χ2v) is 7.53. The predicted octanol–water partition coefficient (Wildman–Crippen LogP) is 5.33. The lowest BCUT2D eigenvalue weighted by atomic mass is 10.00. The summed E-state index contributed by atoms with van der Waals surface area (Å²) in [7, 11) is 0. The third kappa shape index (κ3) is 5.30. The van der Waals surface area contributed by atoms with Crippen LogP contribution in [0, 0.1) is 11.3 Å². The highest BCUT2D eigenvalue weighted by Crippen LogP contribution is 2.30. The molecule has 1 aliphatic heterocycles. The van der Waals surface area contributed by atoms with Crippen molar-refractivity contribution in [1.29, 1.82) is 5.26 Å². The first kappa shape index (κ1) is 20.6. The van der Waals surface area contributed by atoms with E-state index in [0.717, 1.165) is 24.0 Å². The standard InChI is InChI=1S/C26H24N2O3/c27-19-20-8-7-13-24(18-20)31-26(29)28-16-14-23(15-17-28)30-25(21-9-3-1-4-10-21)22-11-5-2-6-12-22/h1-13,18,23,25H,14-17H2. The van der Waals surface area contributed by atoms with E-state index >= 15 is 0 Å². The molecule has 1 heterocycles. The first-order chi connectivity index (χ1) is 15.2. The van der Waals surface area contributed by atoms with E-state index in [1.54, 1.807) is 29.2 Å². The highest BCUT2D eigenvalue weighted by Gasteiger charge is 2.27. The molecule has 5 heteroatoms. The number of piperidine rings is 1. The lowest BCUT2D eigenvalue weighted by molar-refractivity contribution is -0.0235. The lowest BCUT2D eigenvalue weighted by Crippen LogP contribution is -2.42. The van der Waals surface area contributed by atoms with Crippen LogP contribution in [0.15, 0.2) is 84.9 Å². The molecule has 1 fully saturated rings. The van der Waals surface area contributed by atoms with Crippen molar-refractivity contribution in [2.24, 2.45) is 0 Å². The quantitative estimate of drug-likeness (QED) is 0.568. The molecular formula is C26H24N2O3. The van der Waals surface area contributed by atoms with E-state index in [4.69, 9.17) is 14.7 Å². The number of nitriles is 1. The third-order valence-corrected chi connectivity index (χ3v) is 5.40. The van der Waals surface area contributed by atoms with E-state index in [9.17, 15) is 4.79 Å². The molecule has 4 rings (SSSR count). The zero-order valence-corrected chi connectivity index (χ0v) is 17.2. The molecular weight excluding hydrogens is 388 g/mol. The molecule has 3 aromatic rings. The van der Waals surface area contributed by atoms with Gasteiger partial charge < -0.3 is 14.4 Å². The number of hydrogen-bond donors (Lipinski definition) is 0. The number of ether oxygens (including phenoxy) is 2. The maximum absolute atomic E-state index is 12.5. The van der Waals surface area contributed by atoms with E-state index in [1.165, 1.54) is 0 Å². The molecule has 1 aliphatic rings. The van der Waals surface area contributed by atoms with E-state index in [-0.39, 0.29) is 12.2 Å². The molecule has 0 aromatic heterocycles. The fourth-order valence-electron chi connectivity index (χ4n) is 3.77. The van der Waals surface area contributed by atoms with Crippen LogP contribution in [0.4, 0.5) is 4.79 Å². The Hall–Kier alpha value is -3.62. The molecule has 1 saturated heterocycles. The Kier molecular flexibility index (Phi) is 6.61. The van der Waals surface area contributed by atoms with Crippen molar-refractivity contribution in [3.63, 3.8) is 0 Å². The van der Waals surface area contributed by atoms with Gasteiger partial charge >= 0.3 is 6.09 Å². The molecule has 0 N–H and O–H groups in total. The summed E-state index contributed by atoms with van der Waals surface area (Å²) in [4.78, 5) is 14.2. The van der Waals surface area contributed by atoms with Crippen LogP contribution in [0.3, 0.4) is 0 Å². The summed E-state index contributed by atoms with van der Waals surface area (Å²) in [5, 5.41) is 9.00. The summed E-state index contributed by atoms with van der Waals surface area (Å²) in [6.07, 6.45) is 1.000. The monoisotopic (exact) mass is 412 g/mol. The van der Waals surface area contributed by atoms with Gasteiger partial charge in [-0.2, -0.15) is 5.26 Å². The van der Waals surface area contributed by atoms with Crippen LogP contribution in [-0.4, -0.2) is 30.2 Å². The highest BCUT2D eigenvalue weighted by atomic mass is 16.6. The summed E-state index contributed by atoms with van der Waals surface area (Å²) in [6.45, 7) is 1.13. The van der Waals surface area contributed by atoms with Gasteiger partial charge in [0.15, 0.2) is 0 Å². The first-order valence-corrected chi connectivity index (χ1v) is 10.5. The van der Waals surface area contributed by atoms with Gasteiger partial charge in [0.2, 0.25) is 0 Å². The average molecular weight is 412 g/mol. The number of likely N-dealkylation sites (tertiary alicyclic amines) is 1. The summed E-state index contributed by atoms with van der Waals surface area (Å²) in [5.41, 5.74) is 2.70. The molecule has 0 saturated carbocycles. The summed E-state index contributed by atoms with van der Waals surface area (Å²) < 4.78 is 12.0. The van der Waals surface area contributed by atoms with Gasteiger partial charge in [-0.25, -0.2) is 4.79 Å². The Bertz CT molecular complexity index is 1000. The summed E-state index contributed by atoms with van der Waals surface area (Å²) in [6, 6.07) is 29.1. The third-order valence-electron chi connectivity index (χ3n) is 5.40. The van der Waals surface area contributed by atoms with Crippen LogP contribution >= 0.6 is 0 Å². The summed E-state index contributed by atoms with van der Waals surface area (Å²) >= 11 is 0. The van der Waals surface area contributed by atoms with Crippen LogP contribution in [0.2, 0.25) is 0 Å². The first-order valence-electron chi connectivity index (χ1n) is 10.5. The van der Waals surface area contributed by atoms with Gasteiger partial charge in [-0.05, 0) is 42.2 Å². The number of carbonyl (C=O) groups excluding carboxylic acids is 1. The van der Waals surface area contributed by atoms with Crippen molar-refractivity contribution in [1.82, 2.24) is 4.90 Å². The molecule has 0 bridgehead atoms. The fraction of sp³-hybridized carbons (Fsp3) is 0.231.